The molecule has 0 spiro atoms. The van der Waals surface area contributed by atoms with Crippen molar-refractivity contribution in [3.63, 3.8) is 0 Å². The van der Waals surface area contributed by atoms with Crippen molar-refractivity contribution < 1.29 is 18.0 Å². The van der Waals surface area contributed by atoms with Gasteiger partial charge in [0.1, 0.15) is 12.6 Å². The molecule has 0 bridgehead atoms. The Kier molecular flexibility index (Phi) is 9.57. The molecule has 2 aromatic rings. The topological polar surface area (TPSA) is 86.8 Å². The maximum absolute atomic E-state index is 13.5. The van der Waals surface area contributed by atoms with Gasteiger partial charge in [-0.05, 0) is 43.5 Å². The number of carbonyl (C=O) groups is 2. The maximum atomic E-state index is 13.5. The van der Waals surface area contributed by atoms with Crippen molar-refractivity contribution in [3.8, 4) is 0 Å². The molecule has 2 aromatic carbocycles. The number of sulfonamides is 1. The monoisotopic (exact) mass is 513 g/mol. The Morgan fingerprint density at radius 1 is 1.09 bits per heavy atom. The number of amides is 2. The highest BCUT2D eigenvalue weighted by molar-refractivity contribution is 7.92. The molecule has 1 N–H and O–H groups in total. The molecule has 0 unspecified atom stereocenters. The SMILES string of the molecule is CCCNC(=O)[C@@H](C)N(Cc1ccccc1C)C(=O)CN(c1cccc(Cl)c1Cl)S(C)(=O)=O. The van der Waals surface area contributed by atoms with Crippen molar-refractivity contribution in [2.24, 2.45) is 0 Å². The first kappa shape index (κ1) is 27.0. The van der Waals surface area contributed by atoms with Crippen molar-refractivity contribution in [2.75, 3.05) is 23.7 Å². The third-order valence-corrected chi connectivity index (χ3v) is 7.13. The number of hydrogen-bond donors (Lipinski definition) is 1. The van der Waals surface area contributed by atoms with Crippen LogP contribution in [0.15, 0.2) is 42.5 Å². The molecular formula is C23H29Cl2N3O4S. The van der Waals surface area contributed by atoms with Gasteiger partial charge in [0.15, 0.2) is 0 Å². The van der Waals surface area contributed by atoms with Gasteiger partial charge < -0.3 is 10.2 Å². The van der Waals surface area contributed by atoms with Gasteiger partial charge in [-0.1, -0.05) is 60.5 Å². The molecule has 0 aliphatic carbocycles. The van der Waals surface area contributed by atoms with Gasteiger partial charge in [0.25, 0.3) is 0 Å². The van der Waals surface area contributed by atoms with Gasteiger partial charge in [0.2, 0.25) is 21.8 Å². The maximum Gasteiger partial charge on any atom is 0.244 e. The molecular weight excluding hydrogens is 485 g/mol. The Labute approximate surface area is 205 Å². The first-order valence-corrected chi connectivity index (χ1v) is 13.1. The van der Waals surface area contributed by atoms with Gasteiger partial charge in [0.05, 0.1) is 22.0 Å². The van der Waals surface area contributed by atoms with Gasteiger partial charge in [0, 0.05) is 13.1 Å². The van der Waals surface area contributed by atoms with Crippen LogP contribution in [0.1, 0.15) is 31.4 Å². The molecule has 0 radical (unpaired) electrons. The fourth-order valence-electron chi connectivity index (χ4n) is 3.23. The average Bonchev–Trinajstić information content (AvgIpc) is 2.76. The number of halogens is 2. The molecule has 0 aromatic heterocycles. The van der Waals surface area contributed by atoms with Crippen molar-refractivity contribution in [3.05, 3.63) is 63.6 Å². The summed E-state index contributed by atoms with van der Waals surface area (Å²) < 4.78 is 26.1. The first-order chi connectivity index (χ1) is 15.5. The van der Waals surface area contributed by atoms with Crippen LogP contribution in [0.25, 0.3) is 0 Å². The van der Waals surface area contributed by atoms with Gasteiger partial charge in [-0.2, -0.15) is 0 Å². The van der Waals surface area contributed by atoms with Gasteiger partial charge in [-0.15, -0.1) is 0 Å². The minimum atomic E-state index is -3.88. The Balaban J connectivity index is 2.43. The van der Waals surface area contributed by atoms with E-state index >= 15 is 0 Å². The van der Waals surface area contributed by atoms with E-state index in [4.69, 9.17) is 23.2 Å². The minimum absolute atomic E-state index is 0.0246. The summed E-state index contributed by atoms with van der Waals surface area (Å²) in [6.45, 7) is 5.55. The first-order valence-electron chi connectivity index (χ1n) is 10.5. The average molecular weight is 514 g/mol. The van der Waals surface area contributed by atoms with E-state index in [1.165, 1.54) is 17.0 Å². The zero-order valence-electron chi connectivity index (χ0n) is 19.1. The van der Waals surface area contributed by atoms with Crippen molar-refractivity contribution in [2.45, 2.75) is 39.8 Å². The summed E-state index contributed by atoms with van der Waals surface area (Å²) in [6, 6.07) is 11.3. The minimum Gasteiger partial charge on any atom is -0.354 e. The van der Waals surface area contributed by atoms with E-state index in [-0.39, 0.29) is 28.2 Å². The molecule has 0 aliphatic rings. The lowest BCUT2D eigenvalue weighted by Crippen LogP contribution is -2.51. The molecule has 0 aliphatic heterocycles. The molecule has 0 fully saturated rings. The number of carbonyl (C=O) groups excluding carboxylic acids is 2. The summed E-state index contributed by atoms with van der Waals surface area (Å²) in [5.74, 6) is -0.857. The van der Waals surface area contributed by atoms with E-state index in [1.807, 2.05) is 38.1 Å². The summed E-state index contributed by atoms with van der Waals surface area (Å²) in [4.78, 5) is 27.5. The Bertz CT molecular complexity index is 1110. The zero-order chi connectivity index (χ0) is 24.8. The molecule has 0 saturated heterocycles. The molecule has 180 valence electrons. The van der Waals surface area contributed by atoms with E-state index in [9.17, 15) is 18.0 Å². The predicted octanol–water partition coefficient (Wildman–Crippen LogP) is 4.01. The van der Waals surface area contributed by atoms with Crippen LogP contribution in [0, 0.1) is 6.92 Å². The van der Waals surface area contributed by atoms with Gasteiger partial charge in [-0.25, -0.2) is 8.42 Å². The lowest BCUT2D eigenvalue weighted by atomic mass is 10.1. The highest BCUT2D eigenvalue weighted by Gasteiger charge is 2.31. The largest absolute Gasteiger partial charge is 0.354 e. The van der Waals surface area contributed by atoms with E-state index in [1.54, 1.807) is 13.0 Å². The second-order valence-corrected chi connectivity index (χ2v) is 10.4. The summed E-state index contributed by atoms with van der Waals surface area (Å²) >= 11 is 12.3. The lowest BCUT2D eigenvalue weighted by Gasteiger charge is -2.32. The molecule has 10 heteroatoms. The summed E-state index contributed by atoms with van der Waals surface area (Å²) in [5.41, 5.74) is 1.90. The molecule has 7 nitrogen and oxygen atoms in total. The summed E-state index contributed by atoms with van der Waals surface area (Å²) in [6.07, 6.45) is 1.74. The normalized spacial score (nSPS) is 12.2. The Morgan fingerprint density at radius 2 is 1.76 bits per heavy atom. The van der Waals surface area contributed by atoms with Crippen LogP contribution in [0.3, 0.4) is 0 Å². The zero-order valence-corrected chi connectivity index (χ0v) is 21.5. The van der Waals surface area contributed by atoms with Crippen LogP contribution < -0.4 is 9.62 Å². The number of rotatable bonds is 10. The number of anilines is 1. The molecule has 0 saturated carbocycles. The van der Waals surface area contributed by atoms with Crippen molar-refractivity contribution in [1.29, 1.82) is 0 Å². The van der Waals surface area contributed by atoms with E-state index < -0.39 is 28.5 Å². The van der Waals surface area contributed by atoms with E-state index in [2.05, 4.69) is 5.32 Å². The molecule has 2 rings (SSSR count). The quantitative estimate of drug-likeness (QED) is 0.519. The van der Waals surface area contributed by atoms with Gasteiger partial charge >= 0.3 is 0 Å². The Morgan fingerprint density at radius 3 is 2.36 bits per heavy atom. The number of hydrogen-bond acceptors (Lipinski definition) is 4. The van der Waals surface area contributed by atoms with Crippen LogP contribution in [0.4, 0.5) is 5.69 Å². The van der Waals surface area contributed by atoms with E-state index in [0.717, 1.165) is 28.1 Å². The smallest absolute Gasteiger partial charge is 0.244 e. The number of aryl methyl sites for hydroxylation is 1. The standard InChI is InChI=1S/C23H29Cl2N3O4S/c1-5-13-26-23(30)17(3)27(14-18-10-7-6-9-16(18)2)21(29)15-28(33(4,31)32)20-12-8-11-19(24)22(20)25/h6-12,17H,5,13-15H2,1-4H3,(H,26,30)/t17-/m1/s1. The third kappa shape index (κ3) is 7.09. The second-order valence-electron chi connectivity index (χ2n) is 7.76. The van der Waals surface area contributed by atoms with Crippen molar-refractivity contribution in [1.82, 2.24) is 10.2 Å². The molecule has 2 amide bonds. The van der Waals surface area contributed by atoms with Crippen LogP contribution in [-0.2, 0) is 26.2 Å². The lowest BCUT2D eigenvalue weighted by molar-refractivity contribution is -0.139. The van der Waals surface area contributed by atoms with Gasteiger partial charge in [-0.3, -0.25) is 13.9 Å². The Hall–Kier alpha value is -2.29. The molecule has 0 heterocycles. The highest BCUT2D eigenvalue weighted by Crippen LogP contribution is 2.33. The van der Waals surface area contributed by atoms with Crippen molar-refractivity contribution >= 4 is 50.7 Å². The van der Waals surface area contributed by atoms with Crippen LogP contribution >= 0.6 is 23.2 Å². The summed E-state index contributed by atoms with van der Waals surface area (Å²) in [7, 11) is -3.88. The fraction of sp³-hybridized carbons (Fsp3) is 0.391. The fourth-order valence-corrected chi connectivity index (χ4v) is 4.53. The third-order valence-electron chi connectivity index (χ3n) is 5.20. The predicted molar refractivity (Wildman–Crippen MR) is 133 cm³/mol. The number of benzene rings is 2. The molecule has 33 heavy (non-hydrogen) atoms. The number of nitrogens with one attached hydrogen (secondary N) is 1. The van der Waals surface area contributed by atoms with E-state index in [0.29, 0.717) is 6.54 Å². The molecule has 1 atom stereocenters. The van der Waals surface area contributed by atoms with Crippen LogP contribution in [-0.4, -0.2) is 50.5 Å². The second kappa shape index (κ2) is 11.7. The summed E-state index contributed by atoms with van der Waals surface area (Å²) in [5, 5.41) is 2.99. The van der Waals surface area contributed by atoms with Crippen LogP contribution in [0.5, 0.6) is 0 Å². The van der Waals surface area contributed by atoms with Crippen LogP contribution in [0.2, 0.25) is 10.0 Å². The number of nitrogens with zero attached hydrogens (tertiary/aromatic N) is 2. The highest BCUT2D eigenvalue weighted by atomic mass is 35.5.